The molecule has 0 fully saturated rings. The molecule has 5 nitrogen and oxygen atoms in total. The summed E-state index contributed by atoms with van der Waals surface area (Å²) in [5.41, 5.74) is 0.175. The summed E-state index contributed by atoms with van der Waals surface area (Å²) in [6.07, 6.45) is 0. The van der Waals surface area contributed by atoms with E-state index in [1.807, 2.05) is 0 Å². The van der Waals surface area contributed by atoms with Gasteiger partial charge in [-0.3, -0.25) is 0 Å². The standard InChI is InChI=1S/C8H5ClO5S/c9-15(12,13)4-1-2-6-5(3-4)7(10)8(11)14-6/h1-3,10-11H. The molecule has 1 aromatic heterocycles. The first-order chi connectivity index (χ1) is 6.89. The van der Waals surface area contributed by atoms with Gasteiger partial charge >= 0.3 is 5.95 Å². The summed E-state index contributed by atoms with van der Waals surface area (Å²) < 4.78 is 26.7. The van der Waals surface area contributed by atoms with Gasteiger partial charge in [-0.1, -0.05) is 0 Å². The molecule has 0 saturated carbocycles. The molecule has 15 heavy (non-hydrogen) atoms. The molecule has 80 valence electrons. The van der Waals surface area contributed by atoms with E-state index < -0.39 is 20.7 Å². The topological polar surface area (TPSA) is 87.7 Å². The lowest BCUT2D eigenvalue weighted by Gasteiger charge is -1.94. The highest BCUT2D eigenvalue weighted by Gasteiger charge is 2.16. The fourth-order valence-electron chi connectivity index (χ4n) is 1.20. The first kappa shape index (κ1) is 10.1. The van der Waals surface area contributed by atoms with Crippen molar-refractivity contribution in [3.05, 3.63) is 18.2 Å². The lowest BCUT2D eigenvalue weighted by Crippen LogP contribution is -1.88. The molecule has 2 aromatic rings. The van der Waals surface area contributed by atoms with Gasteiger partial charge in [-0.05, 0) is 18.2 Å². The zero-order valence-electron chi connectivity index (χ0n) is 7.14. The van der Waals surface area contributed by atoms with Crippen LogP contribution in [-0.2, 0) is 9.05 Å². The van der Waals surface area contributed by atoms with Crippen molar-refractivity contribution in [3.63, 3.8) is 0 Å². The number of halogens is 1. The average Bonchev–Trinajstić information content (AvgIpc) is 2.41. The Kier molecular flexibility index (Phi) is 2.06. The number of aromatic hydroxyl groups is 2. The van der Waals surface area contributed by atoms with Crippen molar-refractivity contribution in [2.75, 3.05) is 0 Å². The summed E-state index contributed by atoms with van der Waals surface area (Å²) in [6.45, 7) is 0. The van der Waals surface area contributed by atoms with Crippen LogP contribution < -0.4 is 0 Å². The molecule has 2 N–H and O–H groups in total. The normalized spacial score (nSPS) is 12.1. The van der Waals surface area contributed by atoms with Gasteiger partial charge < -0.3 is 14.6 Å². The SMILES string of the molecule is O=S(=O)(Cl)c1ccc2oc(O)c(O)c2c1. The molecule has 0 bridgehead atoms. The highest BCUT2D eigenvalue weighted by atomic mass is 35.7. The van der Waals surface area contributed by atoms with E-state index in [-0.39, 0.29) is 15.9 Å². The first-order valence-electron chi connectivity index (χ1n) is 3.79. The van der Waals surface area contributed by atoms with Crippen molar-refractivity contribution >= 4 is 30.7 Å². The monoisotopic (exact) mass is 248 g/mol. The van der Waals surface area contributed by atoms with E-state index >= 15 is 0 Å². The Balaban J connectivity index is 2.81. The van der Waals surface area contributed by atoms with E-state index in [2.05, 4.69) is 0 Å². The molecule has 0 spiro atoms. The molecule has 0 aliphatic heterocycles. The Morgan fingerprint density at radius 3 is 2.53 bits per heavy atom. The number of fused-ring (bicyclic) bond motifs is 1. The summed E-state index contributed by atoms with van der Waals surface area (Å²) in [5, 5.41) is 18.4. The third kappa shape index (κ3) is 1.62. The van der Waals surface area contributed by atoms with Crippen molar-refractivity contribution < 1.29 is 23.0 Å². The van der Waals surface area contributed by atoms with Crippen molar-refractivity contribution in [3.8, 4) is 11.7 Å². The van der Waals surface area contributed by atoms with Crippen molar-refractivity contribution in [1.82, 2.24) is 0 Å². The van der Waals surface area contributed by atoms with Crippen molar-refractivity contribution in [2.24, 2.45) is 0 Å². The van der Waals surface area contributed by atoms with E-state index in [1.165, 1.54) is 12.1 Å². The minimum absolute atomic E-state index is 0.0919. The second-order valence-electron chi connectivity index (χ2n) is 2.85. The zero-order valence-corrected chi connectivity index (χ0v) is 8.71. The predicted molar refractivity (Wildman–Crippen MR) is 52.6 cm³/mol. The average molecular weight is 249 g/mol. The summed E-state index contributed by atoms with van der Waals surface area (Å²) in [5.74, 6) is -1.17. The van der Waals surface area contributed by atoms with Crippen molar-refractivity contribution in [2.45, 2.75) is 4.90 Å². The molecule has 1 aromatic carbocycles. The second kappa shape index (κ2) is 3.04. The highest BCUT2D eigenvalue weighted by molar-refractivity contribution is 8.13. The minimum Gasteiger partial charge on any atom is -0.501 e. The van der Waals surface area contributed by atoms with Gasteiger partial charge in [-0.15, -0.1) is 0 Å². The molecular formula is C8H5ClO5S. The zero-order chi connectivity index (χ0) is 11.2. The lowest BCUT2D eigenvalue weighted by molar-refractivity contribution is 0.316. The molecule has 0 saturated heterocycles. The molecule has 0 atom stereocenters. The maximum absolute atomic E-state index is 11.0. The number of hydrogen-bond donors (Lipinski definition) is 2. The van der Waals surface area contributed by atoms with Crippen LogP contribution in [0.5, 0.6) is 11.7 Å². The molecule has 0 radical (unpaired) electrons. The smallest absolute Gasteiger partial charge is 0.327 e. The van der Waals surface area contributed by atoms with Crippen LogP contribution in [0.2, 0.25) is 0 Å². The number of benzene rings is 1. The van der Waals surface area contributed by atoms with E-state index in [0.717, 1.165) is 6.07 Å². The summed E-state index contributed by atoms with van der Waals surface area (Å²) in [4.78, 5) is -0.173. The molecule has 0 aliphatic rings. The molecule has 0 unspecified atom stereocenters. The van der Waals surface area contributed by atoms with E-state index in [9.17, 15) is 13.5 Å². The quantitative estimate of drug-likeness (QED) is 0.751. The van der Waals surface area contributed by atoms with Crippen LogP contribution >= 0.6 is 10.7 Å². The van der Waals surface area contributed by atoms with Gasteiger partial charge in [0.1, 0.15) is 5.58 Å². The molecule has 1 heterocycles. The van der Waals surface area contributed by atoms with Crippen LogP contribution in [-0.4, -0.2) is 18.6 Å². The summed E-state index contributed by atoms with van der Waals surface area (Å²) in [7, 11) is 1.25. The Bertz CT molecular complexity index is 628. The number of furan rings is 1. The van der Waals surface area contributed by atoms with Crippen LogP contribution in [0.15, 0.2) is 27.5 Å². The van der Waals surface area contributed by atoms with Gasteiger partial charge in [0.25, 0.3) is 9.05 Å². The fourth-order valence-corrected chi connectivity index (χ4v) is 1.98. The van der Waals surface area contributed by atoms with E-state index in [1.54, 1.807) is 0 Å². The first-order valence-corrected chi connectivity index (χ1v) is 6.09. The second-order valence-corrected chi connectivity index (χ2v) is 5.42. The van der Waals surface area contributed by atoms with Gasteiger partial charge in [0.15, 0.2) is 0 Å². The summed E-state index contributed by atoms with van der Waals surface area (Å²) >= 11 is 0. The van der Waals surface area contributed by atoms with Gasteiger partial charge in [-0.25, -0.2) is 8.42 Å². The highest BCUT2D eigenvalue weighted by Crippen LogP contribution is 2.38. The van der Waals surface area contributed by atoms with Gasteiger partial charge in [0, 0.05) is 10.7 Å². The number of rotatable bonds is 1. The van der Waals surface area contributed by atoms with Gasteiger partial charge in [-0.2, -0.15) is 0 Å². The Morgan fingerprint density at radius 2 is 1.93 bits per heavy atom. The predicted octanol–water partition coefficient (Wildman–Crippen LogP) is 1.77. The van der Waals surface area contributed by atoms with Crippen LogP contribution in [0.4, 0.5) is 0 Å². The molecule has 0 aliphatic carbocycles. The largest absolute Gasteiger partial charge is 0.501 e. The Hall–Kier alpha value is -1.40. The summed E-state index contributed by atoms with van der Waals surface area (Å²) in [6, 6.07) is 3.63. The Labute approximate surface area is 88.9 Å². The maximum Gasteiger partial charge on any atom is 0.327 e. The van der Waals surface area contributed by atoms with Crippen molar-refractivity contribution in [1.29, 1.82) is 0 Å². The van der Waals surface area contributed by atoms with E-state index in [0.29, 0.717) is 0 Å². The van der Waals surface area contributed by atoms with E-state index in [4.69, 9.17) is 20.2 Å². The number of hydrogen-bond acceptors (Lipinski definition) is 5. The third-order valence-corrected chi connectivity index (χ3v) is 3.25. The minimum atomic E-state index is -3.86. The molecule has 2 rings (SSSR count). The van der Waals surface area contributed by atoms with Gasteiger partial charge in [0.2, 0.25) is 5.75 Å². The molecular weight excluding hydrogens is 244 g/mol. The van der Waals surface area contributed by atoms with Crippen LogP contribution in [0.3, 0.4) is 0 Å². The maximum atomic E-state index is 11.0. The lowest BCUT2D eigenvalue weighted by atomic mass is 10.2. The van der Waals surface area contributed by atoms with Crippen LogP contribution in [0.1, 0.15) is 0 Å². The molecule has 0 amide bonds. The van der Waals surface area contributed by atoms with Gasteiger partial charge in [0.05, 0.1) is 10.3 Å². The molecule has 7 heteroatoms. The van der Waals surface area contributed by atoms with Crippen LogP contribution in [0.25, 0.3) is 11.0 Å². The fraction of sp³-hybridized carbons (Fsp3) is 0. The van der Waals surface area contributed by atoms with Crippen LogP contribution in [0, 0.1) is 0 Å². The third-order valence-electron chi connectivity index (χ3n) is 1.90. The Morgan fingerprint density at radius 1 is 1.27 bits per heavy atom.